The van der Waals surface area contributed by atoms with Crippen LogP contribution in [0.25, 0.3) is 0 Å². The summed E-state index contributed by atoms with van der Waals surface area (Å²) in [6.45, 7) is 3.67. The quantitative estimate of drug-likeness (QED) is 0.555. The first-order valence-corrected chi connectivity index (χ1v) is 10.5. The molecule has 0 aliphatic carbocycles. The Kier molecular flexibility index (Phi) is 8.35. The molecule has 160 valence electrons. The number of pyridine rings is 1. The maximum Gasteiger partial charge on any atom is 0.335 e. The maximum absolute atomic E-state index is 12.2. The predicted molar refractivity (Wildman–Crippen MR) is 115 cm³/mol. The van der Waals surface area contributed by atoms with Gasteiger partial charge in [0.25, 0.3) is 0 Å². The highest BCUT2D eigenvalue weighted by Gasteiger charge is 2.20. The Morgan fingerprint density at radius 1 is 1.13 bits per heavy atom. The van der Waals surface area contributed by atoms with Crippen molar-refractivity contribution >= 4 is 11.9 Å². The molecule has 0 bridgehead atoms. The zero-order chi connectivity index (χ0) is 21.2. The Bertz CT molecular complexity index is 820. The van der Waals surface area contributed by atoms with E-state index in [1.807, 2.05) is 6.07 Å². The number of carbonyl (C=O) groups is 2. The summed E-state index contributed by atoms with van der Waals surface area (Å²) in [4.78, 5) is 29.8. The fraction of sp³-hybridized carbons (Fsp3) is 0.435. The molecule has 7 heteroatoms. The third-order valence-electron chi connectivity index (χ3n) is 5.39. The summed E-state index contributed by atoms with van der Waals surface area (Å²) in [6.07, 6.45) is 5.67. The molecule has 1 saturated heterocycles. The van der Waals surface area contributed by atoms with Crippen molar-refractivity contribution in [1.82, 2.24) is 20.5 Å². The first-order valence-electron chi connectivity index (χ1n) is 10.5. The topological polar surface area (TPSA) is 94.6 Å². The van der Waals surface area contributed by atoms with Crippen molar-refractivity contribution in [2.75, 3.05) is 26.2 Å². The average Bonchev–Trinajstić information content (AvgIpc) is 2.76. The van der Waals surface area contributed by atoms with Crippen LogP contribution in [0.15, 0.2) is 48.7 Å². The van der Waals surface area contributed by atoms with E-state index in [9.17, 15) is 9.59 Å². The van der Waals surface area contributed by atoms with Gasteiger partial charge in [0.1, 0.15) is 0 Å². The fourth-order valence-corrected chi connectivity index (χ4v) is 3.74. The third-order valence-corrected chi connectivity index (χ3v) is 5.39. The SMILES string of the molecule is O=C(CNCc1cc(C(=O)O)ccn1)NC1CCN(CCCc2ccccc2)CC1. The van der Waals surface area contributed by atoms with E-state index in [0.717, 1.165) is 45.3 Å². The van der Waals surface area contributed by atoms with Crippen molar-refractivity contribution in [1.29, 1.82) is 0 Å². The number of carboxylic acids is 1. The molecule has 0 radical (unpaired) electrons. The Morgan fingerprint density at radius 3 is 2.63 bits per heavy atom. The summed E-state index contributed by atoms with van der Waals surface area (Å²) in [7, 11) is 0. The van der Waals surface area contributed by atoms with E-state index < -0.39 is 5.97 Å². The number of aromatic carboxylic acids is 1. The lowest BCUT2D eigenvalue weighted by Crippen LogP contribution is -2.47. The van der Waals surface area contributed by atoms with Crippen LogP contribution in [-0.2, 0) is 17.8 Å². The number of nitrogens with one attached hydrogen (secondary N) is 2. The van der Waals surface area contributed by atoms with Gasteiger partial charge in [-0.05, 0) is 49.9 Å². The lowest BCUT2D eigenvalue weighted by molar-refractivity contribution is -0.121. The molecule has 2 aromatic rings. The first kappa shape index (κ1) is 21.9. The van der Waals surface area contributed by atoms with E-state index in [4.69, 9.17) is 5.11 Å². The van der Waals surface area contributed by atoms with Crippen LogP contribution in [-0.4, -0.2) is 59.1 Å². The van der Waals surface area contributed by atoms with Crippen LogP contribution in [0, 0.1) is 0 Å². The second kappa shape index (κ2) is 11.4. The molecule has 0 atom stereocenters. The lowest BCUT2D eigenvalue weighted by Gasteiger charge is -2.32. The van der Waals surface area contributed by atoms with Gasteiger partial charge in [-0.2, -0.15) is 0 Å². The highest BCUT2D eigenvalue weighted by atomic mass is 16.4. The van der Waals surface area contributed by atoms with Crippen LogP contribution in [0.5, 0.6) is 0 Å². The van der Waals surface area contributed by atoms with Crippen LogP contribution in [0.3, 0.4) is 0 Å². The van der Waals surface area contributed by atoms with Gasteiger partial charge >= 0.3 is 5.97 Å². The van der Waals surface area contributed by atoms with Gasteiger partial charge in [-0.3, -0.25) is 9.78 Å². The molecule has 0 saturated carbocycles. The van der Waals surface area contributed by atoms with Crippen molar-refractivity contribution in [2.45, 2.75) is 38.3 Å². The van der Waals surface area contributed by atoms with E-state index in [1.54, 1.807) is 0 Å². The van der Waals surface area contributed by atoms with E-state index in [1.165, 1.54) is 23.9 Å². The average molecular weight is 411 g/mol. The number of aromatic nitrogens is 1. The maximum atomic E-state index is 12.2. The van der Waals surface area contributed by atoms with Crippen LogP contribution in [0.2, 0.25) is 0 Å². The fourth-order valence-electron chi connectivity index (χ4n) is 3.74. The lowest BCUT2D eigenvalue weighted by atomic mass is 10.0. The van der Waals surface area contributed by atoms with Crippen molar-refractivity contribution < 1.29 is 14.7 Å². The third kappa shape index (κ3) is 7.24. The van der Waals surface area contributed by atoms with Crippen LogP contribution in [0.1, 0.15) is 40.9 Å². The number of rotatable bonds is 10. The number of aryl methyl sites for hydroxylation is 1. The molecule has 0 unspecified atom stereocenters. The number of carboxylic acid groups (broad SMARTS) is 1. The minimum absolute atomic E-state index is 0.0353. The summed E-state index contributed by atoms with van der Waals surface area (Å²) >= 11 is 0. The number of carbonyl (C=O) groups excluding carboxylic acids is 1. The summed E-state index contributed by atoms with van der Waals surface area (Å²) in [6, 6.07) is 13.8. The first-order chi connectivity index (χ1) is 14.6. The molecule has 1 aliphatic heterocycles. The number of benzene rings is 1. The van der Waals surface area contributed by atoms with Gasteiger partial charge < -0.3 is 20.6 Å². The molecular weight excluding hydrogens is 380 g/mol. The molecule has 3 N–H and O–H groups in total. The minimum Gasteiger partial charge on any atom is -0.478 e. The molecule has 1 aromatic heterocycles. The number of piperidine rings is 1. The molecule has 1 aliphatic rings. The molecule has 30 heavy (non-hydrogen) atoms. The summed E-state index contributed by atoms with van der Waals surface area (Å²) < 4.78 is 0. The van der Waals surface area contributed by atoms with Crippen LogP contribution < -0.4 is 10.6 Å². The van der Waals surface area contributed by atoms with Gasteiger partial charge in [0.15, 0.2) is 0 Å². The number of nitrogens with zero attached hydrogens (tertiary/aromatic N) is 2. The van der Waals surface area contributed by atoms with E-state index in [0.29, 0.717) is 12.2 Å². The second-order valence-electron chi connectivity index (χ2n) is 7.72. The Morgan fingerprint density at radius 2 is 1.90 bits per heavy atom. The summed E-state index contributed by atoms with van der Waals surface area (Å²) in [5.74, 6) is -1.02. The van der Waals surface area contributed by atoms with E-state index >= 15 is 0 Å². The van der Waals surface area contributed by atoms with Gasteiger partial charge in [-0.1, -0.05) is 30.3 Å². The zero-order valence-corrected chi connectivity index (χ0v) is 17.2. The second-order valence-corrected chi connectivity index (χ2v) is 7.72. The standard InChI is InChI=1S/C23H30N4O3/c28-22(17-24-16-21-15-19(23(29)30)8-11-25-21)26-20-9-13-27(14-10-20)12-4-7-18-5-2-1-3-6-18/h1-3,5-6,8,11,15,20,24H,4,7,9-10,12-14,16-17H2,(H,26,28)(H,29,30). The minimum atomic E-state index is -0.984. The highest BCUT2D eigenvalue weighted by Crippen LogP contribution is 2.12. The van der Waals surface area contributed by atoms with Crippen LogP contribution >= 0.6 is 0 Å². The summed E-state index contributed by atoms with van der Waals surface area (Å²) in [5.41, 5.74) is 2.19. The van der Waals surface area contributed by atoms with Crippen molar-refractivity contribution in [2.24, 2.45) is 0 Å². The normalized spacial score (nSPS) is 15.1. The molecular formula is C23H30N4O3. The summed E-state index contributed by atoms with van der Waals surface area (Å²) in [5, 5.41) is 15.1. The molecule has 0 spiro atoms. The van der Waals surface area contributed by atoms with Gasteiger partial charge in [0.05, 0.1) is 17.8 Å². The molecule has 1 amide bonds. The van der Waals surface area contributed by atoms with Crippen molar-refractivity contribution in [3.63, 3.8) is 0 Å². The van der Waals surface area contributed by atoms with Crippen molar-refractivity contribution in [3.8, 4) is 0 Å². The zero-order valence-electron chi connectivity index (χ0n) is 17.2. The van der Waals surface area contributed by atoms with Crippen molar-refractivity contribution in [3.05, 3.63) is 65.5 Å². The Balaban J connectivity index is 1.28. The van der Waals surface area contributed by atoms with Gasteiger partial charge in [0.2, 0.25) is 5.91 Å². The van der Waals surface area contributed by atoms with Crippen LogP contribution in [0.4, 0.5) is 0 Å². The molecule has 2 heterocycles. The smallest absolute Gasteiger partial charge is 0.335 e. The molecule has 3 rings (SSSR count). The van der Waals surface area contributed by atoms with E-state index in [2.05, 4.69) is 44.8 Å². The monoisotopic (exact) mass is 410 g/mol. The number of amides is 1. The van der Waals surface area contributed by atoms with Gasteiger partial charge in [0, 0.05) is 31.9 Å². The number of hydrogen-bond donors (Lipinski definition) is 3. The largest absolute Gasteiger partial charge is 0.478 e. The van der Waals surface area contributed by atoms with E-state index in [-0.39, 0.29) is 24.1 Å². The highest BCUT2D eigenvalue weighted by molar-refractivity contribution is 5.87. The number of hydrogen-bond acceptors (Lipinski definition) is 5. The molecule has 1 aromatic carbocycles. The predicted octanol–water partition coefficient (Wildman–Crippen LogP) is 2.08. The van der Waals surface area contributed by atoms with Gasteiger partial charge in [-0.25, -0.2) is 4.79 Å². The number of likely N-dealkylation sites (tertiary alicyclic amines) is 1. The Hall–Kier alpha value is -2.77. The van der Waals surface area contributed by atoms with Gasteiger partial charge in [-0.15, -0.1) is 0 Å². The molecule has 7 nitrogen and oxygen atoms in total. The molecule has 1 fully saturated rings. The Labute approximate surface area is 177 Å².